The summed E-state index contributed by atoms with van der Waals surface area (Å²) in [5.74, 6) is 1.18. The number of likely N-dealkylation sites (N-methyl/N-ethyl adjacent to an activating group) is 1. The number of ether oxygens (including phenoxy) is 1. The van der Waals surface area contributed by atoms with Gasteiger partial charge in [-0.3, -0.25) is 4.79 Å². The van der Waals surface area contributed by atoms with Gasteiger partial charge >= 0.3 is 0 Å². The van der Waals surface area contributed by atoms with Gasteiger partial charge in [-0.15, -0.1) is 0 Å². The molecule has 0 aliphatic carbocycles. The van der Waals surface area contributed by atoms with Crippen molar-refractivity contribution >= 4 is 17.5 Å². The summed E-state index contributed by atoms with van der Waals surface area (Å²) < 4.78 is 5.90. The van der Waals surface area contributed by atoms with Gasteiger partial charge in [-0.1, -0.05) is 11.6 Å². The molecule has 2 heterocycles. The number of nitrogens with zero attached hydrogens (tertiary/aromatic N) is 1. The molecule has 1 aromatic rings. The van der Waals surface area contributed by atoms with Crippen LogP contribution >= 0.6 is 11.6 Å². The molecule has 0 radical (unpaired) electrons. The van der Waals surface area contributed by atoms with Crippen LogP contribution in [0.25, 0.3) is 0 Å². The molecule has 2 atom stereocenters. The Labute approximate surface area is 124 Å². The highest BCUT2D eigenvalue weighted by atomic mass is 35.5. The molecule has 0 saturated carbocycles. The van der Waals surface area contributed by atoms with Crippen LogP contribution in [0.5, 0.6) is 5.75 Å². The molecular weight excluding hydrogens is 276 g/mol. The summed E-state index contributed by atoms with van der Waals surface area (Å²) in [5.41, 5.74) is 1.18. The molecule has 4 nitrogen and oxygen atoms in total. The maximum Gasteiger partial charge on any atom is 0.222 e. The fraction of sp³-hybridized carbons (Fsp3) is 0.533. The van der Waals surface area contributed by atoms with Crippen LogP contribution < -0.4 is 10.1 Å². The van der Waals surface area contributed by atoms with Crippen LogP contribution in [0.1, 0.15) is 18.4 Å². The third kappa shape index (κ3) is 2.91. The van der Waals surface area contributed by atoms with Crippen LogP contribution in [0, 0.1) is 0 Å². The second-order valence-electron chi connectivity index (χ2n) is 5.61. The molecule has 1 amide bonds. The summed E-state index contributed by atoms with van der Waals surface area (Å²) in [6, 6.07) is 6.14. The molecule has 20 heavy (non-hydrogen) atoms. The largest absolute Gasteiger partial charge is 0.488 e. The molecule has 108 valence electrons. The van der Waals surface area contributed by atoms with Gasteiger partial charge in [0, 0.05) is 44.0 Å². The molecule has 2 aliphatic heterocycles. The molecule has 1 aromatic carbocycles. The van der Waals surface area contributed by atoms with Crippen LogP contribution in [0.2, 0.25) is 5.02 Å². The molecule has 1 N–H and O–H groups in total. The highest BCUT2D eigenvalue weighted by Crippen LogP contribution is 2.30. The molecule has 3 rings (SSSR count). The van der Waals surface area contributed by atoms with Crippen LogP contribution in [-0.4, -0.2) is 43.1 Å². The average Bonchev–Trinajstić information content (AvgIpc) is 2.82. The number of nitrogens with one attached hydrogen (secondary N) is 1. The van der Waals surface area contributed by atoms with Gasteiger partial charge in [-0.25, -0.2) is 0 Å². The molecule has 0 bridgehead atoms. The molecule has 0 spiro atoms. The van der Waals surface area contributed by atoms with Gasteiger partial charge in [0.25, 0.3) is 0 Å². The topological polar surface area (TPSA) is 41.6 Å². The van der Waals surface area contributed by atoms with E-state index in [1.165, 1.54) is 5.56 Å². The molecule has 5 heteroatoms. The monoisotopic (exact) mass is 294 g/mol. The highest BCUT2D eigenvalue weighted by molar-refractivity contribution is 6.30. The van der Waals surface area contributed by atoms with E-state index >= 15 is 0 Å². The summed E-state index contributed by atoms with van der Waals surface area (Å²) in [4.78, 5) is 13.2. The van der Waals surface area contributed by atoms with Crippen LogP contribution in [0.15, 0.2) is 18.2 Å². The zero-order valence-electron chi connectivity index (χ0n) is 11.6. The fourth-order valence-electron chi connectivity index (χ4n) is 2.88. The van der Waals surface area contributed by atoms with Crippen molar-refractivity contribution in [1.29, 1.82) is 0 Å². The minimum atomic E-state index is 0.159. The first kappa shape index (κ1) is 13.7. The number of fused-ring (bicyclic) bond motifs is 1. The van der Waals surface area contributed by atoms with E-state index in [9.17, 15) is 4.79 Å². The highest BCUT2D eigenvalue weighted by Gasteiger charge is 2.26. The first-order valence-electron chi connectivity index (χ1n) is 7.04. The fourth-order valence-corrected chi connectivity index (χ4v) is 3.07. The Morgan fingerprint density at radius 2 is 2.35 bits per heavy atom. The van der Waals surface area contributed by atoms with E-state index in [1.807, 2.05) is 25.2 Å². The van der Waals surface area contributed by atoms with E-state index in [2.05, 4.69) is 5.32 Å². The number of hydrogen-bond acceptors (Lipinski definition) is 3. The number of carbonyl (C=O) groups excluding carboxylic acids is 1. The van der Waals surface area contributed by atoms with Gasteiger partial charge in [0.2, 0.25) is 5.91 Å². The normalized spacial score (nSPS) is 25.5. The van der Waals surface area contributed by atoms with Crippen molar-refractivity contribution in [3.8, 4) is 5.75 Å². The van der Waals surface area contributed by atoms with Gasteiger partial charge in [0.15, 0.2) is 0 Å². The van der Waals surface area contributed by atoms with Crippen molar-refractivity contribution in [3.63, 3.8) is 0 Å². The van der Waals surface area contributed by atoms with E-state index in [4.69, 9.17) is 16.3 Å². The Bertz CT molecular complexity index is 521. The Morgan fingerprint density at radius 1 is 1.50 bits per heavy atom. The van der Waals surface area contributed by atoms with Crippen LogP contribution in [0.4, 0.5) is 0 Å². The standard InChI is InChI=1S/C15H19ClN2O2/c1-18-9-12(3-5-15(18)19)17-8-13-7-10-6-11(16)2-4-14(10)20-13/h2,4,6,12-13,17H,3,5,7-9H2,1H3. The van der Waals surface area contributed by atoms with Crippen molar-refractivity contribution in [3.05, 3.63) is 28.8 Å². The average molecular weight is 295 g/mol. The minimum Gasteiger partial charge on any atom is -0.488 e. The summed E-state index contributed by atoms with van der Waals surface area (Å²) in [6.45, 7) is 1.59. The molecule has 1 fully saturated rings. The van der Waals surface area contributed by atoms with E-state index in [0.29, 0.717) is 12.5 Å². The second-order valence-corrected chi connectivity index (χ2v) is 6.05. The lowest BCUT2D eigenvalue weighted by molar-refractivity contribution is -0.132. The summed E-state index contributed by atoms with van der Waals surface area (Å²) >= 11 is 5.99. The van der Waals surface area contributed by atoms with Gasteiger partial charge in [0.05, 0.1) is 0 Å². The third-order valence-electron chi connectivity index (χ3n) is 4.02. The summed E-state index contributed by atoms with van der Waals surface area (Å²) in [6.07, 6.45) is 2.60. The minimum absolute atomic E-state index is 0.159. The van der Waals surface area contributed by atoms with E-state index < -0.39 is 0 Å². The Morgan fingerprint density at radius 3 is 3.15 bits per heavy atom. The third-order valence-corrected chi connectivity index (χ3v) is 4.26. The smallest absolute Gasteiger partial charge is 0.222 e. The molecule has 2 aliphatic rings. The maximum atomic E-state index is 11.4. The number of amides is 1. The molecule has 1 saturated heterocycles. The Hall–Kier alpha value is -1.26. The van der Waals surface area contributed by atoms with Crippen molar-refractivity contribution in [2.45, 2.75) is 31.4 Å². The van der Waals surface area contributed by atoms with Crippen molar-refractivity contribution in [2.75, 3.05) is 20.1 Å². The summed E-state index contributed by atoms with van der Waals surface area (Å²) in [5, 5.41) is 4.27. The van der Waals surface area contributed by atoms with E-state index in [-0.39, 0.29) is 12.0 Å². The van der Waals surface area contributed by atoms with Gasteiger partial charge in [0.1, 0.15) is 11.9 Å². The number of piperidine rings is 1. The maximum absolute atomic E-state index is 11.4. The lowest BCUT2D eigenvalue weighted by Gasteiger charge is -2.30. The van der Waals surface area contributed by atoms with Crippen LogP contribution in [-0.2, 0) is 11.2 Å². The van der Waals surface area contributed by atoms with E-state index in [1.54, 1.807) is 4.90 Å². The number of hydrogen-bond donors (Lipinski definition) is 1. The first-order chi connectivity index (χ1) is 9.61. The summed E-state index contributed by atoms with van der Waals surface area (Å²) in [7, 11) is 1.86. The van der Waals surface area contributed by atoms with Crippen molar-refractivity contribution in [2.24, 2.45) is 0 Å². The number of likely N-dealkylation sites (tertiary alicyclic amines) is 1. The second kappa shape index (κ2) is 5.62. The lowest BCUT2D eigenvalue weighted by atomic mass is 10.0. The molecule has 2 unspecified atom stereocenters. The van der Waals surface area contributed by atoms with Crippen molar-refractivity contribution in [1.82, 2.24) is 10.2 Å². The van der Waals surface area contributed by atoms with Crippen LogP contribution in [0.3, 0.4) is 0 Å². The lowest BCUT2D eigenvalue weighted by Crippen LogP contribution is -2.48. The van der Waals surface area contributed by atoms with Gasteiger partial charge in [-0.2, -0.15) is 0 Å². The predicted octanol–water partition coefficient (Wildman–Crippen LogP) is 1.85. The Balaban J connectivity index is 1.50. The first-order valence-corrected chi connectivity index (χ1v) is 7.42. The zero-order chi connectivity index (χ0) is 14.1. The van der Waals surface area contributed by atoms with Crippen molar-refractivity contribution < 1.29 is 9.53 Å². The number of carbonyl (C=O) groups is 1. The Kier molecular flexibility index (Phi) is 3.85. The SMILES string of the molecule is CN1CC(NCC2Cc3cc(Cl)ccc3O2)CCC1=O. The zero-order valence-corrected chi connectivity index (χ0v) is 12.3. The number of halogens is 1. The quantitative estimate of drug-likeness (QED) is 0.925. The number of rotatable bonds is 3. The van der Waals surface area contributed by atoms with Gasteiger partial charge < -0.3 is 15.0 Å². The number of benzene rings is 1. The van der Waals surface area contributed by atoms with E-state index in [0.717, 1.165) is 36.7 Å². The van der Waals surface area contributed by atoms with Gasteiger partial charge in [-0.05, 0) is 30.2 Å². The molecule has 0 aromatic heterocycles. The molecular formula is C15H19ClN2O2. The predicted molar refractivity (Wildman–Crippen MR) is 78.2 cm³/mol.